The van der Waals surface area contributed by atoms with Crippen molar-refractivity contribution in [2.24, 2.45) is 5.73 Å². The van der Waals surface area contributed by atoms with Crippen LogP contribution in [0.4, 0.5) is 0 Å². The molecule has 0 bridgehead atoms. The number of nitrogens with zero attached hydrogens (tertiary/aromatic N) is 2. The summed E-state index contributed by atoms with van der Waals surface area (Å²) in [6, 6.07) is -4.15. The van der Waals surface area contributed by atoms with Crippen LogP contribution in [0.1, 0.15) is 38.3 Å². The number of carboxylic acid groups (broad SMARTS) is 2. The van der Waals surface area contributed by atoms with Gasteiger partial charge in [-0.2, -0.15) is 0 Å². The molecule has 1 aliphatic rings. The Morgan fingerprint density at radius 2 is 2.00 bits per heavy atom. The Bertz CT molecular complexity index is 843. The molecular weight excluding hydrogens is 424 g/mol. The molecule has 0 radical (unpaired) electrons. The van der Waals surface area contributed by atoms with Gasteiger partial charge in [0.25, 0.3) is 0 Å². The molecular formula is C19H28N6O7. The van der Waals surface area contributed by atoms with Crippen molar-refractivity contribution in [1.82, 2.24) is 25.5 Å². The summed E-state index contributed by atoms with van der Waals surface area (Å²) in [6.45, 7) is 1.74. The van der Waals surface area contributed by atoms with Gasteiger partial charge in [0.05, 0.1) is 12.4 Å². The number of hydrogen-bond acceptors (Lipinski definition) is 7. The number of aliphatic carboxylic acids is 2. The van der Waals surface area contributed by atoms with Crippen LogP contribution >= 0.6 is 0 Å². The van der Waals surface area contributed by atoms with Crippen LogP contribution in [0.5, 0.6) is 0 Å². The van der Waals surface area contributed by atoms with E-state index < -0.39 is 60.2 Å². The summed E-state index contributed by atoms with van der Waals surface area (Å²) in [4.78, 5) is 67.8. The van der Waals surface area contributed by atoms with Gasteiger partial charge in [-0.1, -0.05) is 0 Å². The maximum atomic E-state index is 12.9. The van der Waals surface area contributed by atoms with Crippen LogP contribution in [0.25, 0.3) is 0 Å². The van der Waals surface area contributed by atoms with Gasteiger partial charge in [0, 0.05) is 31.3 Å². The summed E-state index contributed by atoms with van der Waals surface area (Å²) < 4.78 is 0. The maximum Gasteiger partial charge on any atom is 0.326 e. The molecule has 176 valence electrons. The van der Waals surface area contributed by atoms with Gasteiger partial charge in [0.1, 0.15) is 18.1 Å². The van der Waals surface area contributed by atoms with Crippen molar-refractivity contribution >= 4 is 29.7 Å². The number of hydrogen-bond donors (Lipinski definition) is 6. The number of imidazole rings is 1. The number of aromatic amines is 1. The van der Waals surface area contributed by atoms with Crippen molar-refractivity contribution in [1.29, 1.82) is 0 Å². The number of carboxylic acids is 2. The van der Waals surface area contributed by atoms with Gasteiger partial charge in [-0.15, -0.1) is 0 Å². The van der Waals surface area contributed by atoms with Gasteiger partial charge >= 0.3 is 11.9 Å². The molecule has 1 aromatic heterocycles. The van der Waals surface area contributed by atoms with Crippen molar-refractivity contribution in [3.8, 4) is 0 Å². The second-order valence-corrected chi connectivity index (χ2v) is 7.64. The zero-order valence-corrected chi connectivity index (χ0v) is 17.6. The van der Waals surface area contributed by atoms with E-state index in [4.69, 9.17) is 10.8 Å². The standard InChI is InChI=1S/C19H28N6O7/c1-10(23-16(28)12(20)7-11-8-21-9-22-11)18(30)25-6-2-3-14(25)17(29)24-13(19(31)32)4-5-15(26)27/h8-10,12-14H,2-7,20H2,1H3,(H,21,22)(H,23,28)(H,24,29)(H,26,27)(H,31,32). The summed E-state index contributed by atoms with van der Waals surface area (Å²) in [6.07, 6.45) is 3.34. The van der Waals surface area contributed by atoms with Crippen molar-refractivity contribution in [3.63, 3.8) is 0 Å². The molecule has 3 amide bonds. The fourth-order valence-electron chi connectivity index (χ4n) is 3.45. The molecule has 32 heavy (non-hydrogen) atoms. The molecule has 4 unspecified atom stereocenters. The average Bonchev–Trinajstić information content (AvgIpc) is 3.41. The number of amides is 3. The highest BCUT2D eigenvalue weighted by atomic mass is 16.4. The lowest BCUT2D eigenvalue weighted by Gasteiger charge is -2.28. The van der Waals surface area contributed by atoms with Crippen LogP contribution in [0.2, 0.25) is 0 Å². The highest BCUT2D eigenvalue weighted by Gasteiger charge is 2.38. The van der Waals surface area contributed by atoms with Crippen LogP contribution in [0.15, 0.2) is 12.5 Å². The summed E-state index contributed by atoms with van der Waals surface area (Å²) in [5, 5.41) is 22.8. The van der Waals surface area contributed by atoms with Crippen LogP contribution in [0.3, 0.4) is 0 Å². The Morgan fingerprint density at radius 1 is 1.28 bits per heavy atom. The average molecular weight is 452 g/mol. The van der Waals surface area contributed by atoms with Crippen LogP contribution in [0, 0.1) is 0 Å². The first-order valence-corrected chi connectivity index (χ1v) is 10.2. The molecule has 13 nitrogen and oxygen atoms in total. The highest BCUT2D eigenvalue weighted by Crippen LogP contribution is 2.19. The lowest BCUT2D eigenvalue weighted by atomic mass is 10.1. The third-order valence-electron chi connectivity index (χ3n) is 5.16. The number of nitrogens with one attached hydrogen (secondary N) is 3. The molecule has 1 saturated heterocycles. The topological polar surface area (TPSA) is 208 Å². The molecule has 2 heterocycles. The fourth-order valence-corrected chi connectivity index (χ4v) is 3.45. The smallest absolute Gasteiger partial charge is 0.326 e. The molecule has 1 aliphatic heterocycles. The van der Waals surface area contributed by atoms with Crippen molar-refractivity contribution < 1.29 is 34.2 Å². The Labute approximate surface area is 183 Å². The Hall–Kier alpha value is -3.48. The zero-order valence-electron chi connectivity index (χ0n) is 17.6. The SMILES string of the molecule is CC(NC(=O)C(N)Cc1cnc[nH]1)C(=O)N1CCCC1C(=O)NC(CCC(=O)O)C(=O)O. The number of nitrogens with two attached hydrogens (primary N) is 1. The van der Waals surface area contributed by atoms with E-state index in [0.717, 1.165) is 0 Å². The van der Waals surface area contributed by atoms with E-state index in [9.17, 15) is 29.1 Å². The monoisotopic (exact) mass is 452 g/mol. The number of carbonyl (C=O) groups is 5. The molecule has 0 aromatic carbocycles. The van der Waals surface area contributed by atoms with Crippen molar-refractivity contribution in [2.75, 3.05) is 6.54 Å². The zero-order chi connectivity index (χ0) is 23.8. The molecule has 13 heteroatoms. The number of likely N-dealkylation sites (tertiary alicyclic amines) is 1. The molecule has 1 aromatic rings. The summed E-state index contributed by atoms with van der Waals surface area (Å²) >= 11 is 0. The minimum Gasteiger partial charge on any atom is -0.481 e. The molecule has 1 fully saturated rings. The first-order chi connectivity index (χ1) is 15.1. The van der Waals surface area contributed by atoms with E-state index in [-0.39, 0.29) is 19.4 Å². The lowest BCUT2D eigenvalue weighted by molar-refractivity contribution is -0.145. The minimum absolute atomic E-state index is 0.203. The van der Waals surface area contributed by atoms with E-state index in [1.54, 1.807) is 0 Å². The molecule has 2 rings (SSSR count). The largest absolute Gasteiger partial charge is 0.481 e. The third-order valence-corrected chi connectivity index (χ3v) is 5.16. The predicted molar refractivity (Wildman–Crippen MR) is 109 cm³/mol. The van der Waals surface area contributed by atoms with E-state index in [1.807, 2.05) is 0 Å². The van der Waals surface area contributed by atoms with Gasteiger partial charge in [0.2, 0.25) is 17.7 Å². The van der Waals surface area contributed by atoms with Crippen LogP contribution in [-0.2, 0) is 30.4 Å². The van der Waals surface area contributed by atoms with Gasteiger partial charge in [-0.3, -0.25) is 19.2 Å². The molecule has 0 spiro atoms. The number of H-pyrrole nitrogens is 1. The van der Waals surface area contributed by atoms with Crippen LogP contribution in [-0.4, -0.2) is 85.5 Å². The van der Waals surface area contributed by atoms with E-state index in [2.05, 4.69) is 20.6 Å². The molecule has 0 saturated carbocycles. The van der Waals surface area contributed by atoms with Crippen molar-refractivity contribution in [2.45, 2.75) is 63.2 Å². The Balaban J connectivity index is 1.94. The van der Waals surface area contributed by atoms with Gasteiger partial charge in [-0.25, -0.2) is 9.78 Å². The first kappa shape index (κ1) is 24.8. The second kappa shape index (κ2) is 11.2. The summed E-state index contributed by atoms with van der Waals surface area (Å²) in [5.41, 5.74) is 6.54. The number of carbonyl (C=O) groups excluding carboxylic acids is 3. The van der Waals surface area contributed by atoms with Gasteiger partial charge in [0.15, 0.2) is 0 Å². The summed E-state index contributed by atoms with van der Waals surface area (Å²) in [5.74, 6) is -4.26. The predicted octanol–water partition coefficient (Wildman–Crippen LogP) is -1.79. The van der Waals surface area contributed by atoms with Crippen LogP contribution < -0.4 is 16.4 Å². The molecule has 0 aliphatic carbocycles. The Kier molecular flexibility index (Phi) is 8.70. The molecule has 4 atom stereocenters. The highest BCUT2D eigenvalue weighted by molar-refractivity contribution is 5.94. The fraction of sp³-hybridized carbons (Fsp3) is 0.579. The van der Waals surface area contributed by atoms with Gasteiger partial charge < -0.3 is 36.5 Å². The summed E-state index contributed by atoms with van der Waals surface area (Å²) in [7, 11) is 0. The molecule has 7 N–H and O–H groups in total. The minimum atomic E-state index is -1.38. The lowest BCUT2D eigenvalue weighted by Crippen LogP contribution is -2.56. The normalized spacial score (nSPS) is 18.4. The second-order valence-electron chi connectivity index (χ2n) is 7.64. The third kappa shape index (κ3) is 6.77. The van der Waals surface area contributed by atoms with E-state index >= 15 is 0 Å². The van der Waals surface area contributed by atoms with E-state index in [0.29, 0.717) is 18.5 Å². The quantitative estimate of drug-likeness (QED) is 0.224. The van der Waals surface area contributed by atoms with Crippen molar-refractivity contribution in [3.05, 3.63) is 18.2 Å². The Morgan fingerprint density at radius 3 is 2.59 bits per heavy atom. The number of rotatable bonds is 11. The number of aromatic nitrogens is 2. The first-order valence-electron chi connectivity index (χ1n) is 10.2. The maximum absolute atomic E-state index is 12.9. The van der Waals surface area contributed by atoms with E-state index in [1.165, 1.54) is 24.3 Å². The van der Waals surface area contributed by atoms with Gasteiger partial charge in [-0.05, 0) is 26.2 Å².